The lowest BCUT2D eigenvalue weighted by Gasteiger charge is -2.32. The van der Waals surface area contributed by atoms with Crippen LogP contribution >= 0.6 is 0 Å². The zero-order chi connectivity index (χ0) is 21.8. The van der Waals surface area contributed by atoms with Gasteiger partial charge in [-0.05, 0) is 62.2 Å². The maximum Gasteiger partial charge on any atom is 0.236 e. The second kappa shape index (κ2) is 9.52. The molecule has 0 unspecified atom stereocenters. The summed E-state index contributed by atoms with van der Waals surface area (Å²) >= 11 is 0. The van der Waals surface area contributed by atoms with Crippen molar-refractivity contribution < 1.29 is 19.1 Å². The molecule has 1 saturated heterocycles. The Kier molecular flexibility index (Phi) is 6.56. The summed E-state index contributed by atoms with van der Waals surface area (Å²) in [5.74, 6) is 1.60. The maximum absolute atomic E-state index is 13.0. The number of ether oxygens (including phenoxy) is 2. The van der Waals surface area contributed by atoms with E-state index in [0.29, 0.717) is 43.4 Å². The van der Waals surface area contributed by atoms with Gasteiger partial charge in [0.05, 0.1) is 6.54 Å². The van der Waals surface area contributed by atoms with Crippen molar-refractivity contribution >= 4 is 11.7 Å². The second-order valence-corrected chi connectivity index (χ2v) is 8.45. The number of hydrogen-bond acceptors (Lipinski definition) is 5. The van der Waals surface area contributed by atoms with E-state index in [1.165, 1.54) is 11.1 Å². The largest absolute Gasteiger partial charge is 0.486 e. The molecule has 0 radical (unpaired) electrons. The highest BCUT2D eigenvalue weighted by atomic mass is 16.6. The van der Waals surface area contributed by atoms with Gasteiger partial charge in [0.15, 0.2) is 17.3 Å². The van der Waals surface area contributed by atoms with Crippen LogP contribution in [0.25, 0.3) is 0 Å². The number of aryl methyl sites for hydroxylation is 1. The van der Waals surface area contributed by atoms with Gasteiger partial charge in [-0.3, -0.25) is 14.5 Å². The Hall–Kier alpha value is -2.86. The highest BCUT2D eigenvalue weighted by Gasteiger charge is 2.28. The Labute approximate surface area is 183 Å². The molecule has 0 N–H and O–H groups in total. The van der Waals surface area contributed by atoms with Gasteiger partial charge in [-0.15, -0.1) is 0 Å². The predicted octanol–water partition coefficient (Wildman–Crippen LogP) is 3.32. The summed E-state index contributed by atoms with van der Waals surface area (Å²) in [6.45, 7) is 5.64. The first-order valence-corrected chi connectivity index (χ1v) is 11.0. The van der Waals surface area contributed by atoms with Crippen LogP contribution in [0.5, 0.6) is 11.5 Å². The summed E-state index contributed by atoms with van der Waals surface area (Å²) < 4.78 is 11.1. The minimum atomic E-state index is -0.0152. The minimum Gasteiger partial charge on any atom is -0.486 e. The Morgan fingerprint density at radius 3 is 2.48 bits per heavy atom. The zero-order valence-corrected chi connectivity index (χ0v) is 18.3. The van der Waals surface area contributed by atoms with Gasteiger partial charge < -0.3 is 14.4 Å². The first kappa shape index (κ1) is 21.4. The number of ketones is 1. The number of amides is 1. The molecule has 164 valence electrons. The van der Waals surface area contributed by atoms with E-state index in [1.54, 1.807) is 11.0 Å². The molecule has 31 heavy (non-hydrogen) atoms. The SMILES string of the molecule is Cc1ccccc1CN(C)C(=O)CN1CCC(C(=O)c2ccc3c(c2)OCCO3)CC1. The highest BCUT2D eigenvalue weighted by Crippen LogP contribution is 2.32. The van der Waals surface area contributed by atoms with Crippen molar-refractivity contribution in [2.75, 3.05) is 39.9 Å². The van der Waals surface area contributed by atoms with Gasteiger partial charge in [0.25, 0.3) is 0 Å². The Balaban J connectivity index is 1.28. The molecule has 2 aromatic carbocycles. The molecule has 0 aromatic heterocycles. The fourth-order valence-electron chi connectivity index (χ4n) is 4.23. The molecule has 4 rings (SSSR count). The molecule has 0 saturated carbocycles. The number of likely N-dealkylation sites (tertiary alicyclic amines) is 1. The molecule has 0 spiro atoms. The van der Waals surface area contributed by atoms with Crippen molar-refractivity contribution in [1.82, 2.24) is 9.80 Å². The second-order valence-electron chi connectivity index (χ2n) is 8.45. The third-order valence-corrected chi connectivity index (χ3v) is 6.24. The summed E-state index contributed by atoms with van der Waals surface area (Å²) in [4.78, 5) is 29.6. The van der Waals surface area contributed by atoms with Crippen LogP contribution in [0.3, 0.4) is 0 Å². The van der Waals surface area contributed by atoms with Gasteiger partial charge in [0.1, 0.15) is 13.2 Å². The molecule has 6 nitrogen and oxygen atoms in total. The summed E-state index contributed by atoms with van der Waals surface area (Å²) in [5, 5.41) is 0. The van der Waals surface area contributed by atoms with Gasteiger partial charge in [-0.1, -0.05) is 24.3 Å². The van der Waals surface area contributed by atoms with Crippen LogP contribution in [0.1, 0.15) is 34.3 Å². The van der Waals surface area contributed by atoms with Gasteiger partial charge in [-0.2, -0.15) is 0 Å². The van der Waals surface area contributed by atoms with Gasteiger partial charge >= 0.3 is 0 Å². The first-order valence-electron chi connectivity index (χ1n) is 11.0. The molecular weight excluding hydrogens is 392 g/mol. The lowest BCUT2D eigenvalue weighted by atomic mass is 9.88. The molecule has 0 atom stereocenters. The lowest BCUT2D eigenvalue weighted by Crippen LogP contribution is -2.43. The zero-order valence-electron chi connectivity index (χ0n) is 18.3. The van der Waals surface area contributed by atoms with Gasteiger partial charge in [0.2, 0.25) is 5.91 Å². The molecule has 1 amide bonds. The quantitative estimate of drug-likeness (QED) is 0.669. The minimum absolute atomic E-state index is 0.0152. The third-order valence-electron chi connectivity index (χ3n) is 6.24. The molecular formula is C25H30N2O4. The van der Waals surface area contributed by atoms with Crippen molar-refractivity contribution in [2.45, 2.75) is 26.3 Å². The normalized spacial score (nSPS) is 16.7. The summed E-state index contributed by atoms with van der Waals surface area (Å²) in [7, 11) is 1.85. The molecule has 2 aromatic rings. The topological polar surface area (TPSA) is 59.1 Å². The van der Waals surface area contributed by atoms with E-state index in [1.807, 2.05) is 31.3 Å². The average Bonchev–Trinajstić information content (AvgIpc) is 2.80. The number of piperidine rings is 1. The van der Waals surface area contributed by atoms with E-state index in [4.69, 9.17) is 9.47 Å². The Morgan fingerprint density at radius 1 is 1.03 bits per heavy atom. The Bertz CT molecular complexity index is 950. The van der Waals surface area contributed by atoms with E-state index < -0.39 is 0 Å². The number of nitrogens with zero attached hydrogens (tertiary/aromatic N) is 2. The number of carbonyl (C=O) groups is 2. The lowest BCUT2D eigenvalue weighted by molar-refractivity contribution is -0.131. The van der Waals surface area contributed by atoms with Crippen molar-refractivity contribution in [3.05, 3.63) is 59.2 Å². The number of rotatable bonds is 6. The summed E-state index contributed by atoms with van der Waals surface area (Å²) in [5.41, 5.74) is 3.04. The van der Waals surface area contributed by atoms with E-state index in [-0.39, 0.29) is 17.6 Å². The molecule has 0 aliphatic carbocycles. The van der Waals surface area contributed by atoms with Crippen LogP contribution in [0.2, 0.25) is 0 Å². The van der Waals surface area contributed by atoms with Crippen molar-refractivity contribution in [3.63, 3.8) is 0 Å². The van der Waals surface area contributed by atoms with Crippen molar-refractivity contribution in [2.24, 2.45) is 5.92 Å². The highest BCUT2D eigenvalue weighted by molar-refractivity contribution is 5.98. The van der Waals surface area contributed by atoms with E-state index >= 15 is 0 Å². The van der Waals surface area contributed by atoms with Crippen molar-refractivity contribution in [1.29, 1.82) is 0 Å². The van der Waals surface area contributed by atoms with Crippen LogP contribution in [0, 0.1) is 12.8 Å². The number of Topliss-reactive ketones (excluding diaryl/α,β-unsaturated/α-hetero) is 1. The van der Waals surface area contributed by atoms with Crippen LogP contribution in [-0.2, 0) is 11.3 Å². The first-order chi connectivity index (χ1) is 15.0. The summed E-state index contributed by atoms with van der Waals surface area (Å²) in [6.07, 6.45) is 1.53. The summed E-state index contributed by atoms with van der Waals surface area (Å²) in [6, 6.07) is 13.6. The number of carbonyl (C=O) groups excluding carboxylic acids is 2. The smallest absolute Gasteiger partial charge is 0.236 e. The van der Waals surface area contributed by atoms with Crippen molar-refractivity contribution in [3.8, 4) is 11.5 Å². The Morgan fingerprint density at radius 2 is 1.74 bits per heavy atom. The predicted molar refractivity (Wildman–Crippen MR) is 119 cm³/mol. The van der Waals surface area contributed by atoms with Crippen LogP contribution in [0.15, 0.2) is 42.5 Å². The number of likely N-dealkylation sites (N-methyl/N-ethyl adjacent to an activating group) is 1. The van der Waals surface area contributed by atoms with Crippen LogP contribution < -0.4 is 9.47 Å². The number of benzene rings is 2. The standard InChI is InChI=1S/C25H30N2O4/c1-18-5-3-4-6-21(18)16-26(2)24(28)17-27-11-9-19(10-12-27)25(29)20-7-8-22-23(15-20)31-14-13-30-22/h3-8,15,19H,9-14,16-17H2,1-2H3. The number of hydrogen-bond donors (Lipinski definition) is 0. The van der Waals surface area contributed by atoms with Gasteiger partial charge in [-0.25, -0.2) is 0 Å². The van der Waals surface area contributed by atoms with Gasteiger partial charge in [0, 0.05) is 25.1 Å². The molecule has 2 aliphatic heterocycles. The van der Waals surface area contributed by atoms with E-state index in [9.17, 15) is 9.59 Å². The monoisotopic (exact) mass is 422 g/mol. The molecule has 0 bridgehead atoms. The molecule has 1 fully saturated rings. The molecule has 2 heterocycles. The fourth-order valence-corrected chi connectivity index (χ4v) is 4.23. The van der Waals surface area contributed by atoms with E-state index in [2.05, 4.69) is 24.0 Å². The van der Waals surface area contributed by atoms with E-state index in [0.717, 1.165) is 25.9 Å². The number of fused-ring (bicyclic) bond motifs is 1. The molecule has 2 aliphatic rings. The average molecular weight is 423 g/mol. The fraction of sp³-hybridized carbons (Fsp3) is 0.440. The third kappa shape index (κ3) is 5.07. The maximum atomic E-state index is 13.0. The van der Waals surface area contributed by atoms with Crippen LogP contribution in [-0.4, -0.2) is 61.4 Å². The van der Waals surface area contributed by atoms with Crippen LogP contribution in [0.4, 0.5) is 0 Å². The molecule has 6 heteroatoms.